The molecule has 22 heavy (non-hydrogen) atoms. The van der Waals surface area contributed by atoms with E-state index in [4.69, 9.17) is 4.74 Å². The standard InChI is InChI=1S/C18H24N2O2/c1-3-14-6-4-5-9-20(14)18(21)10-13-12-19-17-11-15(22-2)7-8-16(13)17/h7-8,11-12,14,19H,3-6,9-10H2,1-2H3. The van der Waals surface area contributed by atoms with Crippen LogP contribution < -0.4 is 4.74 Å². The highest BCUT2D eigenvalue weighted by molar-refractivity contribution is 5.89. The third kappa shape index (κ3) is 2.82. The number of nitrogens with zero attached hydrogens (tertiary/aromatic N) is 1. The van der Waals surface area contributed by atoms with Crippen molar-refractivity contribution in [3.8, 4) is 5.75 Å². The summed E-state index contributed by atoms with van der Waals surface area (Å²) in [6.45, 7) is 3.09. The summed E-state index contributed by atoms with van der Waals surface area (Å²) in [7, 11) is 1.66. The molecule has 0 spiro atoms. The molecule has 1 fully saturated rings. The smallest absolute Gasteiger partial charge is 0.227 e. The predicted octanol–water partition coefficient (Wildman–Crippen LogP) is 3.51. The van der Waals surface area contributed by atoms with Crippen LogP contribution in [0.25, 0.3) is 10.9 Å². The Labute approximate surface area is 131 Å². The third-order valence-corrected chi connectivity index (χ3v) is 4.73. The Hall–Kier alpha value is -1.97. The normalized spacial score (nSPS) is 18.6. The van der Waals surface area contributed by atoms with Gasteiger partial charge in [-0.25, -0.2) is 0 Å². The van der Waals surface area contributed by atoms with E-state index in [1.165, 1.54) is 6.42 Å². The molecule has 118 valence electrons. The molecule has 1 atom stereocenters. The number of aromatic amines is 1. The number of hydrogen-bond donors (Lipinski definition) is 1. The number of piperidine rings is 1. The number of aromatic nitrogens is 1. The first-order valence-corrected chi connectivity index (χ1v) is 8.16. The van der Waals surface area contributed by atoms with Gasteiger partial charge >= 0.3 is 0 Å². The molecule has 1 unspecified atom stereocenters. The highest BCUT2D eigenvalue weighted by atomic mass is 16.5. The lowest BCUT2D eigenvalue weighted by Crippen LogP contribution is -2.44. The second-order valence-corrected chi connectivity index (χ2v) is 6.05. The summed E-state index contributed by atoms with van der Waals surface area (Å²) in [6, 6.07) is 6.37. The van der Waals surface area contributed by atoms with Gasteiger partial charge in [-0.3, -0.25) is 4.79 Å². The van der Waals surface area contributed by atoms with Crippen molar-refractivity contribution in [2.24, 2.45) is 0 Å². The molecular formula is C18H24N2O2. The van der Waals surface area contributed by atoms with Gasteiger partial charge in [0.15, 0.2) is 0 Å². The summed E-state index contributed by atoms with van der Waals surface area (Å²) in [5.74, 6) is 1.08. The minimum atomic E-state index is 0.253. The van der Waals surface area contributed by atoms with Gasteiger partial charge in [0.05, 0.1) is 13.5 Å². The van der Waals surface area contributed by atoms with E-state index < -0.39 is 0 Å². The lowest BCUT2D eigenvalue weighted by atomic mass is 9.99. The van der Waals surface area contributed by atoms with Crippen LogP contribution in [0.15, 0.2) is 24.4 Å². The zero-order chi connectivity index (χ0) is 15.5. The molecule has 0 saturated carbocycles. The van der Waals surface area contributed by atoms with E-state index in [1.54, 1.807) is 7.11 Å². The highest BCUT2D eigenvalue weighted by Crippen LogP contribution is 2.25. The van der Waals surface area contributed by atoms with Gasteiger partial charge < -0.3 is 14.6 Å². The van der Waals surface area contributed by atoms with Crippen molar-refractivity contribution in [3.05, 3.63) is 30.0 Å². The van der Waals surface area contributed by atoms with Gasteiger partial charge in [-0.1, -0.05) is 6.92 Å². The Bertz CT molecular complexity index is 662. The minimum Gasteiger partial charge on any atom is -0.497 e. The van der Waals surface area contributed by atoms with E-state index in [0.717, 1.165) is 48.0 Å². The quantitative estimate of drug-likeness (QED) is 0.939. The predicted molar refractivity (Wildman–Crippen MR) is 88.2 cm³/mol. The van der Waals surface area contributed by atoms with Crippen LogP contribution in [0.1, 0.15) is 38.2 Å². The van der Waals surface area contributed by atoms with E-state index in [1.807, 2.05) is 24.4 Å². The van der Waals surface area contributed by atoms with E-state index >= 15 is 0 Å². The van der Waals surface area contributed by atoms with Crippen LogP contribution in [0.5, 0.6) is 5.75 Å². The Kier molecular flexibility index (Phi) is 4.36. The summed E-state index contributed by atoms with van der Waals surface area (Å²) in [6.07, 6.45) is 7.00. The number of amides is 1. The molecule has 0 radical (unpaired) electrons. The second kappa shape index (κ2) is 6.42. The third-order valence-electron chi connectivity index (χ3n) is 4.73. The topological polar surface area (TPSA) is 45.3 Å². The summed E-state index contributed by atoms with van der Waals surface area (Å²) in [5, 5.41) is 1.11. The molecule has 1 aliphatic rings. The molecule has 1 aromatic heterocycles. The summed E-state index contributed by atoms with van der Waals surface area (Å²) < 4.78 is 5.24. The molecule has 3 rings (SSSR count). The Morgan fingerprint density at radius 1 is 1.41 bits per heavy atom. The van der Waals surface area contributed by atoms with E-state index in [9.17, 15) is 4.79 Å². The van der Waals surface area contributed by atoms with Gasteiger partial charge in [0.25, 0.3) is 0 Å². The first-order chi connectivity index (χ1) is 10.7. The molecule has 1 aromatic carbocycles. The number of fused-ring (bicyclic) bond motifs is 1. The number of likely N-dealkylation sites (tertiary alicyclic amines) is 1. The molecular weight excluding hydrogens is 276 g/mol. The SMILES string of the molecule is CCC1CCCCN1C(=O)Cc1c[nH]c2cc(OC)ccc12. The van der Waals surface area contributed by atoms with Crippen LogP contribution in [0.2, 0.25) is 0 Å². The minimum absolute atomic E-state index is 0.253. The van der Waals surface area contributed by atoms with Crippen LogP contribution >= 0.6 is 0 Å². The number of carbonyl (C=O) groups is 1. The summed E-state index contributed by atoms with van der Waals surface area (Å²) >= 11 is 0. The molecule has 0 bridgehead atoms. The van der Waals surface area contributed by atoms with E-state index in [0.29, 0.717) is 12.5 Å². The zero-order valence-electron chi connectivity index (χ0n) is 13.4. The molecule has 4 nitrogen and oxygen atoms in total. The monoisotopic (exact) mass is 300 g/mol. The molecule has 1 saturated heterocycles. The molecule has 1 amide bonds. The van der Waals surface area contributed by atoms with Crippen LogP contribution in [-0.4, -0.2) is 35.5 Å². The van der Waals surface area contributed by atoms with Crippen molar-refractivity contribution < 1.29 is 9.53 Å². The van der Waals surface area contributed by atoms with Gasteiger partial charge in [0.1, 0.15) is 5.75 Å². The molecule has 2 heterocycles. The van der Waals surface area contributed by atoms with Crippen LogP contribution in [0, 0.1) is 0 Å². The lowest BCUT2D eigenvalue weighted by molar-refractivity contribution is -0.134. The van der Waals surface area contributed by atoms with Crippen LogP contribution in [-0.2, 0) is 11.2 Å². The zero-order valence-corrected chi connectivity index (χ0v) is 13.4. The Morgan fingerprint density at radius 2 is 2.27 bits per heavy atom. The number of methoxy groups -OCH3 is 1. The molecule has 1 aliphatic heterocycles. The van der Waals surface area contributed by atoms with E-state index in [2.05, 4.69) is 16.8 Å². The fourth-order valence-corrected chi connectivity index (χ4v) is 3.46. The number of carbonyl (C=O) groups excluding carboxylic acids is 1. The Morgan fingerprint density at radius 3 is 3.05 bits per heavy atom. The summed E-state index contributed by atoms with van der Waals surface area (Å²) in [4.78, 5) is 18.0. The van der Waals surface area contributed by atoms with Gasteiger partial charge in [-0.15, -0.1) is 0 Å². The maximum atomic E-state index is 12.7. The first kappa shape index (κ1) is 14.9. The van der Waals surface area contributed by atoms with Crippen molar-refractivity contribution in [2.75, 3.05) is 13.7 Å². The molecule has 0 aliphatic carbocycles. The van der Waals surface area contributed by atoms with Crippen molar-refractivity contribution >= 4 is 16.8 Å². The Balaban J connectivity index is 1.79. The number of benzene rings is 1. The number of ether oxygens (including phenoxy) is 1. The maximum absolute atomic E-state index is 12.7. The van der Waals surface area contributed by atoms with Crippen LogP contribution in [0.4, 0.5) is 0 Å². The van der Waals surface area contributed by atoms with Crippen molar-refractivity contribution in [3.63, 3.8) is 0 Å². The highest BCUT2D eigenvalue weighted by Gasteiger charge is 2.25. The van der Waals surface area contributed by atoms with Crippen molar-refractivity contribution in [2.45, 2.75) is 45.1 Å². The lowest BCUT2D eigenvalue weighted by Gasteiger charge is -2.35. The van der Waals surface area contributed by atoms with Crippen molar-refractivity contribution in [1.82, 2.24) is 9.88 Å². The first-order valence-electron chi connectivity index (χ1n) is 8.16. The number of rotatable bonds is 4. The number of H-pyrrole nitrogens is 1. The molecule has 1 N–H and O–H groups in total. The van der Waals surface area contributed by atoms with Gasteiger partial charge in [-0.05, 0) is 43.4 Å². The van der Waals surface area contributed by atoms with E-state index in [-0.39, 0.29) is 5.91 Å². The number of hydrogen-bond acceptors (Lipinski definition) is 2. The fourth-order valence-electron chi connectivity index (χ4n) is 3.46. The fraction of sp³-hybridized carbons (Fsp3) is 0.500. The average molecular weight is 300 g/mol. The largest absolute Gasteiger partial charge is 0.497 e. The van der Waals surface area contributed by atoms with Crippen LogP contribution in [0.3, 0.4) is 0 Å². The average Bonchev–Trinajstić information content (AvgIpc) is 2.96. The molecule has 2 aromatic rings. The number of nitrogens with one attached hydrogen (secondary N) is 1. The summed E-state index contributed by atoms with van der Waals surface area (Å²) in [5.41, 5.74) is 2.09. The maximum Gasteiger partial charge on any atom is 0.227 e. The van der Waals surface area contributed by atoms with Gasteiger partial charge in [0.2, 0.25) is 5.91 Å². The van der Waals surface area contributed by atoms with Gasteiger partial charge in [-0.2, -0.15) is 0 Å². The van der Waals surface area contributed by atoms with Gasteiger partial charge in [0, 0.05) is 35.8 Å². The molecule has 4 heteroatoms. The van der Waals surface area contributed by atoms with Crippen molar-refractivity contribution in [1.29, 1.82) is 0 Å². The second-order valence-electron chi connectivity index (χ2n) is 6.05.